The van der Waals surface area contributed by atoms with Crippen LogP contribution < -0.4 is 4.87 Å². The van der Waals surface area contributed by atoms with Gasteiger partial charge in [-0.05, 0) is 42.5 Å². The number of hydrogen-bond donors (Lipinski definition) is 2. The number of fused-ring (bicyclic) bond motifs is 2. The van der Waals surface area contributed by atoms with Gasteiger partial charge in [-0.25, -0.2) is 8.42 Å². The molecule has 0 atom stereocenters. The van der Waals surface area contributed by atoms with Gasteiger partial charge in [-0.3, -0.25) is 9.59 Å². The molecule has 1 aliphatic rings. The third kappa shape index (κ3) is 3.65. The van der Waals surface area contributed by atoms with Gasteiger partial charge in [0.25, 0.3) is 5.91 Å². The molecule has 2 aromatic carbocycles. The van der Waals surface area contributed by atoms with Crippen molar-refractivity contribution in [1.29, 1.82) is 0 Å². The number of nitrogens with zero attached hydrogens (tertiary/aromatic N) is 2. The van der Waals surface area contributed by atoms with Gasteiger partial charge in [-0.2, -0.15) is 4.31 Å². The van der Waals surface area contributed by atoms with Crippen molar-refractivity contribution in [3.05, 3.63) is 62.8 Å². The number of piperazine rings is 1. The van der Waals surface area contributed by atoms with E-state index in [9.17, 15) is 18.0 Å². The molecule has 1 saturated heterocycles. The van der Waals surface area contributed by atoms with E-state index in [0.29, 0.717) is 20.9 Å². The SMILES string of the molecule is O=C(c1cc2cc(Cl)ccc2[nH]1)N1CCN(S(=O)(=O)c2ccc3[nH]c(=O)sc3c2)CC1. The lowest BCUT2D eigenvalue weighted by atomic mass is 10.2. The van der Waals surface area contributed by atoms with E-state index in [1.54, 1.807) is 29.2 Å². The molecular weight excluding hydrogens is 460 g/mol. The van der Waals surface area contributed by atoms with Gasteiger partial charge < -0.3 is 14.9 Å². The lowest BCUT2D eigenvalue weighted by Gasteiger charge is -2.33. The van der Waals surface area contributed by atoms with E-state index < -0.39 is 10.0 Å². The van der Waals surface area contributed by atoms with Crippen molar-refractivity contribution in [1.82, 2.24) is 19.2 Å². The van der Waals surface area contributed by atoms with Crippen molar-refractivity contribution in [2.24, 2.45) is 0 Å². The molecule has 3 heterocycles. The third-order valence-electron chi connectivity index (χ3n) is 5.37. The summed E-state index contributed by atoms with van der Waals surface area (Å²) in [5, 5.41) is 1.44. The number of hydrogen-bond acceptors (Lipinski definition) is 5. The summed E-state index contributed by atoms with van der Waals surface area (Å²) in [5.41, 5.74) is 1.88. The monoisotopic (exact) mass is 476 g/mol. The quantitative estimate of drug-likeness (QED) is 0.474. The van der Waals surface area contributed by atoms with Gasteiger partial charge in [0.05, 0.1) is 15.1 Å². The van der Waals surface area contributed by atoms with Crippen LogP contribution in [-0.2, 0) is 10.0 Å². The molecule has 0 saturated carbocycles. The Balaban J connectivity index is 1.32. The van der Waals surface area contributed by atoms with Gasteiger partial charge in [0.2, 0.25) is 10.0 Å². The third-order valence-corrected chi connectivity index (χ3v) is 8.34. The van der Waals surface area contributed by atoms with Crippen LogP contribution in [-0.4, -0.2) is 59.7 Å². The Morgan fingerprint density at radius 2 is 1.71 bits per heavy atom. The van der Waals surface area contributed by atoms with Crippen LogP contribution in [0.1, 0.15) is 10.5 Å². The normalized spacial score (nSPS) is 15.7. The van der Waals surface area contributed by atoms with Crippen LogP contribution in [0.2, 0.25) is 5.02 Å². The first-order chi connectivity index (χ1) is 14.8. The van der Waals surface area contributed by atoms with Crippen LogP contribution in [0.5, 0.6) is 0 Å². The van der Waals surface area contributed by atoms with E-state index in [4.69, 9.17) is 11.6 Å². The molecule has 2 aromatic heterocycles. The first-order valence-electron chi connectivity index (χ1n) is 9.52. The average Bonchev–Trinajstić information content (AvgIpc) is 3.34. The standard InChI is InChI=1S/C20H17ClN4O4S2/c21-13-1-3-15-12(9-13)10-17(22-15)19(26)24-5-7-25(8-6-24)31(28,29)14-2-4-16-18(11-14)30-20(27)23-16/h1-4,9-11,22H,5-8H2,(H,23,27). The number of aromatic nitrogens is 2. The predicted octanol–water partition coefficient (Wildman–Crippen LogP) is 2.87. The van der Waals surface area contributed by atoms with Gasteiger partial charge in [-0.15, -0.1) is 0 Å². The predicted molar refractivity (Wildman–Crippen MR) is 120 cm³/mol. The molecule has 2 N–H and O–H groups in total. The Bertz CT molecular complexity index is 1480. The Labute approximate surface area is 186 Å². The maximum absolute atomic E-state index is 13.1. The zero-order chi connectivity index (χ0) is 21.8. The first-order valence-corrected chi connectivity index (χ1v) is 12.2. The Hall–Kier alpha value is -2.66. The van der Waals surface area contributed by atoms with Crippen LogP contribution in [0.15, 0.2) is 52.2 Å². The molecule has 1 amide bonds. The highest BCUT2D eigenvalue weighted by Crippen LogP contribution is 2.24. The summed E-state index contributed by atoms with van der Waals surface area (Å²) in [6.45, 7) is 0.963. The molecule has 31 heavy (non-hydrogen) atoms. The number of nitrogens with one attached hydrogen (secondary N) is 2. The minimum atomic E-state index is -3.72. The van der Waals surface area contributed by atoms with Crippen LogP contribution in [0, 0.1) is 0 Å². The topological polar surface area (TPSA) is 106 Å². The smallest absolute Gasteiger partial charge is 0.305 e. The Morgan fingerprint density at radius 1 is 0.968 bits per heavy atom. The maximum Gasteiger partial charge on any atom is 0.305 e. The number of aromatic amines is 2. The van der Waals surface area contributed by atoms with Crippen molar-refractivity contribution in [2.45, 2.75) is 4.90 Å². The maximum atomic E-state index is 13.1. The fourth-order valence-corrected chi connectivity index (χ4v) is 6.24. The molecule has 0 spiro atoms. The van der Waals surface area contributed by atoms with E-state index in [2.05, 4.69) is 9.97 Å². The zero-order valence-corrected chi connectivity index (χ0v) is 18.5. The molecule has 0 radical (unpaired) electrons. The number of H-pyrrole nitrogens is 2. The molecule has 0 unspecified atom stereocenters. The Kier molecular flexibility index (Phi) is 4.89. The molecule has 160 valence electrons. The molecule has 11 heteroatoms. The highest BCUT2D eigenvalue weighted by atomic mass is 35.5. The summed E-state index contributed by atoms with van der Waals surface area (Å²) < 4.78 is 28.1. The fourth-order valence-electron chi connectivity index (χ4n) is 3.76. The van der Waals surface area contributed by atoms with Crippen LogP contribution in [0.3, 0.4) is 0 Å². The average molecular weight is 477 g/mol. The second kappa shape index (κ2) is 7.49. The van der Waals surface area contributed by atoms with Gasteiger partial charge >= 0.3 is 4.87 Å². The van der Waals surface area contributed by atoms with Crippen LogP contribution in [0.25, 0.3) is 21.1 Å². The molecule has 4 aromatic rings. The number of benzene rings is 2. The second-order valence-electron chi connectivity index (χ2n) is 7.28. The summed E-state index contributed by atoms with van der Waals surface area (Å²) in [6.07, 6.45) is 0. The van der Waals surface area contributed by atoms with Crippen molar-refractivity contribution >= 4 is 60.0 Å². The van der Waals surface area contributed by atoms with Crippen molar-refractivity contribution in [3.8, 4) is 0 Å². The van der Waals surface area contributed by atoms with Crippen LogP contribution in [0.4, 0.5) is 0 Å². The lowest BCUT2D eigenvalue weighted by Crippen LogP contribution is -2.50. The molecule has 0 bridgehead atoms. The zero-order valence-electron chi connectivity index (χ0n) is 16.1. The molecule has 0 aliphatic carbocycles. The van der Waals surface area contributed by atoms with Crippen molar-refractivity contribution in [3.63, 3.8) is 0 Å². The summed E-state index contributed by atoms with van der Waals surface area (Å²) in [4.78, 5) is 31.7. The number of rotatable bonds is 3. The number of carbonyl (C=O) groups excluding carboxylic acids is 1. The largest absolute Gasteiger partial charge is 0.351 e. The number of thiazole rings is 1. The Morgan fingerprint density at radius 3 is 2.48 bits per heavy atom. The van der Waals surface area contributed by atoms with E-state index in [-0.39, 0.29) is 41.9 Å². The van der Waals surface area contributed by atoms with Crippen LogP contribution >= 0.6 is 22.9 Å². The number of carbonyl (C=O) groups is 1. The minimum Gasteiger partial charge on any atom is -0.351 e. The van der Waals surface area contributed by atoms with E-state index in [0.717, 1.165) is 22.2 Å². The minimum absolute atomic E-state index is 0.141. The highest BCUT2D eigenvalue weighted by Gasteiger charge is 2.31. The van der Waals surface area contributed by atoms with E-state index in [1.807, 2.05) is 6.07 Å². The van der Waals surface area contributed by atoms with Crippen molar-refractivity contribution in [2.75, 3.05) is 26.2 Å². The molecule has 1 aliphatic heterocycles. The number of halogens is 1. The van der Waals surface area contributed by atoms with Gasteiger partial charge in [0.15, 0.2) is 0 Å². The molecule has 8 nitrogen and oxygen atoms in total. The van der Waals surface area contributed by atoms with Gasteiger partial charge in [0.1, 0.15) is 5.69 Å². The summed E-state index contributed by atoms with van der Waals surface area (Å²) >= 11 is 6.99. The second-order valence-corrected chi connectivity index (χ2v) is 10.7. The van der Waals surface area contributed by atoms with Gasteiger partial charge in [0, 0.05) is 42.1 Å². The van der Waals surface area contributed by atoms with E-state index in [1.165, 1.54) is 16.4 Å². The summed E-state index contributed by atoms with van der Waals surface area (Å²) in [5.74, 6) is -0.178. The molecule has 5 rings (SSSR count). The number of amides is 1. The summed E-state index contributed by atoms with van der Waals surface area (Å²) in [6, 6.07) is 11.7. The van der Waals surface area contributed by atoms with Crippen molar-refractivity contribution < 1.29 is 13.2 Å². The lowest BCUT2D eigenvalue weighted by molar-refractivity contribution is 0.0693. The molecule has 1 fully saturated rings. The highest BCUT2D eigenvalue weighted by molar-refractivity contribution is 7.89. The van der Waals surface area contributed by atoms with E-state index >= 15 is 0 Å². The number of sulfonamides is 1. The molecular formula is C20H17ClN4O4S2. The first kappa shape index (κ1) is 20.3. The van der Waals surface area contributed by atoms with Gasteiger partial charge in [-0.1, -0.05) is 22.9 Å². The summed E-state index contributed by atoms with van der Waals surface area (Å²) in [7, 11) is -3.72. The fraction of sp³-hybridized carbons (Fsp3) is 0.200.